The molecule has 1 fully saturated rings. The van der Waals surface area contributed by atoms with E-state index < -0.39 is 37.2 Å². The van der Waals surface area contributed by atoms with Crippen LogP contribution in [0.5, 0.6) is 0 Å². The average molecular weight is 467 g/mol. The van der Waals surface area contributed by atoms with Crippen LogP contribution in [0.15, 0.2) is 18.2 Å². The van der Waals surface area contributed by atoms with Gasteiger partial charge in [-0.2, -0.15) is 0 Å². The van der Waals surface area contributed by atoms with Gasteiger partial charge in [-0.05, 0) is 56.9 Å². The minimum atomic E-state index is -3.92. The number of hydrogen-bond donors (Lipinski definition) is 0. The molecule has 2 rings (SSSR count). The lowest BCUT2D eigenvalue weighted by Crippen LogP contribution is -2.40. The average Bonchev–Trinajstić information content (AvgIpc) is 2.61. The largest absolute Gasteiger partial charge is 0.468 e. The van der Waals surface area contributed by atoms with Gasteiger partial charge >= 0.3 is 19.5 Å². The first-order valence-electron chi connectivity index (χ1n) is 9.34. The summed E-state index contributed by atoms with van der Waals surface area (Å²) in [7, 11) is -2.77. The van der Waals surface area contributed by atoms with Gasteiger partial charge < -0.3 is 18.5 Å². The van der Waals surface area contributed by atoms with E-state index in [1.54, 1.807) is 32.0 Å². The van der Waals surface area contributed by atoms with Crippen molar-refractivity contribution in [2.75, 3.05) is 20.3 Å². The normalized spacial score (nSPS) is 16.6. The number of carbonyl (C=O) groups excluding carboxylic acids is 2. The molecule has 1 aliphatic rings. The number of methoxy groups -OCH3 is 1. The Bertz CT molecular complexity index is 765. The number of carbonyl (C=O) groups is 2. The first kappa shape index (κ1) is 24.2. The van der Waals surface area contributed by atoms with E-state index in [1.807, 2.05) is 0 Å². The van der Waals surface area contributed by atoms with Crippen LogP contribution in [-0.4, -0.2) is 37.9 Å². The molecule has 1 atom stereocenters. The number of hydrogen-bond acceptors (Lipinski definition) is 7. The Kier molecular flexibility index (Phi) is 8.56. The summed E-state index contributed by atoms with van der Waals surface area (Å²) in [5, 5.41) is 0.860. The molecule has 0 bridgehead atoms. The zero-order chi connectivity index (χ0) is 21.7. The van der Waals surface area contributed by atoms with Gasteiger partial charge in [0.1, 0.15) is 5.60 Å². The summed E-state index contributed by atoms with van der Waals surface area (Å²) in [4.78, 5) is 25.0. The molecule has 10 heteroatoms. The van der Waals surface area contributed by atoms with Gasteiger partial charge in [0, 0.05) is 10.0 Å². The molecule has 1 aromatic carbocycles. The van der Waals surface area contributed by atoms with Crippen molar-refractivity contribution < 1.29 is 32.7 Å². The van der Waals surface area contributed by atoms with Gasteiger partial charge in [0.05, 0.1) is 26.7 Å². The highest BCUT2D eigenvalue weighted by atomic mass is 35.5. The Balaban J connectivity index is 2.24. The van der Waals surface area contributed by atoms with E-state index in [1.165, 1.54) is 0 Å². The Morgan fingerprint density at radius 3 is 2.07 bits per heavy atom. The standard InChI is InChI=1S/C19H25Cl2O7P/c1-4-26-29(24,27-5-2)16(18(23)25-3)12-17(22)28-19(7-6-8-19)13-9-14(20)11-15(21)10-13/h9-11,16H,4-8,12H2,1-3H3. The van der Waals surface area contributed by atoms with E-state index in [0.29, 0.717) is 28.5 Å². The predicted octanol–water partition coefficient (Wildman–Crippen LogP) is 5.11. The van der Waals surface area contributed by atoms with Crippen LogP contribution in [-0.2, 0) is 38.3 Å². The molecule has 1 unspecified atom stereocenters. The van der Waals surface area contributed by atoms with Crippen molar-refractivity contribution >= 4 is 42.7 Å². The lowest BCUT2D eigenvalue weighted by Gasteiger charge is -2.42. The van der Waals surface area contributed by atoms with Gasteiger partial charge in [-0.25, -0.2) is 0 Å². The molecule has 1 saturated carbocycles. The summed E-state index contributed by atoms with van der Waals surface area (Å²) in [6.07, 6.45) is 1.54. The molecule has 0 radical (unpaired) electrons. The van der Waals surface area contributed by atoms with Gasteiger partial charge in [0.2, 0.25) is 0 Å². The summed E-state index contributed by atoms with van der Waals surface area (Å²) in [6, 6.07) is 4.99. The van der Waals surface area contributed by atoms with Crippen LogP contribution < -0.4 is 0 Å². The molecular weight excluding hydrogens is 442 g/mol. The van der Waals surface area contributed by atoms with Crippen LogP contribution in [0.1, 0.15) is 45.1 Å². The third-order valence-electron chi connectivity index (χ3n) is 4.69. The zero-order valence-electron chi connectivity index (χ0n) is 16.6. The van der Waals surface area contributed by atoms with Gasteiger partial charge in [-0.1, -0.05) is 23.2 Å². The Morgan fingerprint density at radius 2 is 1.66 bits per heavy atom. The van der Waals surface area contributed by atoms with Crippen molar-refractivity contribution in [2.24, 2.45) is 0 Å². The molecule has 0 amide bonds. The van der Waals surface area contributed by atoms with E-state index in [9.17, 15) is 14.2 Å². The fraction of sp³-hybridized carbons (Fsp3) is 0.579. The highest BCUT2D eigenvalue weighted by molar-refractivity contribution is 7.55. The number of benzene rings is 1. The first-order chi connectivity index (χ1) is 13.7. The highest BCUT2D eigenvalue weighted by Gasteiger charge is 2.47. The van der Waals surface area contributed by atoms with Crippen LogP contribution in [0, 0.1) is 0 Å². The number of halogens is 2. The summed E-state index contributed by atoms with van der Waals surface area (Å²) < 4.78 is 34.0. The third kappa shape index (κ3) is 5.74. The smallest absolute Gasteiger partial charge is 0.345 e. The van der Waals surface area contributed by atoms with Gasteiger partial charge in [-0.15, -0.1) is 0 Å². The Hall–Kier alpha value is -1.11. The minimum absolute atomic E-state index is 0.0464. The summed E-state index contributed by atoms with van der Waals surface area (Å²) >= 11 is 12.2. The topological polar surface area (TPSA) is 88.1 Å². The van der Waals surface area contributed by atoms with Crippen molar-refractivity contribution in [3.63, 3.8) is 0 Å². The second-order valence-electron chi connectivity index (χ2n) is 6.60. The van der Waals surface area contributed by atoms with Crippen LogP contribution >= 0.6 is 30.8 Å². The van der Waals surface area contributed by atoms with Crippen LogP contribution in [0.3, 0.4) is 0 Å². The fourth-order valence-electron chi connectivity index (χ4n) is 3.22. The molecule has 162 valence electrons. The summed E-state index contributed by atoms with van der Waals surface area (Å²) in [5.41, 5.74) is -1.62. The lowest BCUT2D eigenvalue weighted by atomic mass is 9.75. The van der Waals surface area contributed by atoms with Gasteiger partial charge in [0.25, 0.3) is 0 Å². The van der Waals surface area contributed by atoms with Crippen molar-refractivity contribution in [1.82, 2.24) is 0 Å². The third-order valence-corrected chi connectivity index (χ3v) is 7.52. The maximum Gasteiger partial charge on any atom is 0.345 e. The highest BCUT2D eigenvalue weighted by Crippen LogP contribution is 2.55. The quantitative estimate of drug-likeness (QED) is 0.349. The SMILES string of the molecule is CCOP(=O)(OCC)C(CC(=O)OC1(c2cc(Cl)cc(Cl)c2)CCC1)C(=O)OC. The van der Waals surface area contributed by atoms with Crippen LogP contribution in [0.25, 0.3) is 0 Å². The maximum absolute atomic E-state index is 13.1. The maximum atomic E-state index is 13.1. The van der Waals surface area contributed by atoms with Gasteiger partial charge in [0.15, 0.2) is 5.66 Å². The molecule has 29 heavy (non-hydrogen) atoms. The Morgan fingerprint density at radius 1 is 1.10 bits per heavy atom. The van der Waals surface area contributed by atoms with E-state index in [-0.39, 0.29) is 13.2 Å². The molecule has 7 nitrogen and oxygen atoms in total. The Labute approximate surface area is 180 Å². The molecule has 0 N–H and O–H groups in total. The lowest BCUT2D eigenvalue weighted by molar-refractivity contribution is -0.173. The predicted molar refractivity (Wildman–Crippen MR) is 109 cm³/mol. The van der Waals surface area contributed by atoms with Crippen LogP contribution in [0.2, 0.25) is 10.0 Å². The molecular formula is C19H25Cl2O7P. The van der Waals surface area contributed by atoms with E-state index in [4.69, 9.17) is 41.7 Å². The minimum Gasteiger partial charge on any atom is -0.468 e. The van der Waals surface area contributed by atoms with E-state index >= 15 is 0 Å². The van der Waals surface area contributed by atoms with Gasteiger partial charge in [-0.3, -0.25) is 14.2 Å². The molecule has 0 heterocycles. The molecule has 0 aromatic heterocycles. The fourth-order valence-corrected chi connectivity index (χ4v) is 5.64. The molecule has 1 aromatic rings. The zero-order valence-corrected chi connectivity index (χ0v) is 19.0. The monoisotopic (exact) mass is 466 g/mol. The van der Waals surface area contributed by atoms with Crippen molar-refractivity contribution in [3.8, 4) is 0 Å². The first-order valence-corrected chi connectivity index (χ1v) is 11.7. The molecule has 0 aliphatic heterocycles. The molecule has 0 saturated heterocycles. The van der Waals surface area contributed by atoms with Crippen molar-refractivity contribution in [1.29, 1.82) is 0 Å². The van der Waals surface area contributed by atoms with E-state index in [2.05, 4.69) is 0 Å². The van der Waals surface area contributed by atoms with Crippen molar-refractivity contribution in [2.45, 2.75) is 50.8 Å². The molecule has 0 spiro atoms. The summed E-state index contributed by atoms with van der Waals surface area (Å²) in [5.74, 6) is -1.57. The number of ether oxygens (including phenoxy) is 2. The number of esters is 2. The second-order valence-corrected chi connectivity index (χ2v) is 9.69. The number of rotatable bonds is 10. The summed E-state index contributed by atoms with van der Waals surface area (Å²) in [6.45, 7) is 3.32. The van der Waals surface area contributed by atoms with E-state index in [0.717, 1.165) is 13.5 Å². The molecule has 1 aliphatic carbocycles. The second kappa shape index (κ2) is 10.3. The van der Waals surface area contributed by atoms with Crippen LogP contribution in [0.4, 0.5) is 0 Å². The van der Waals surface area contributed by atoms with Crippen molar-refractivity contribution in [3.05, 3.63) is 33.8 Å².